The maximum absolute atomic E-state index is 10.7. The van der Waals surface area contributed by atoms with Crippen LogP contribution in [0.15, 0.2) is 18.2 Å². The Labute approximate surface area is 126 Å². The van der Waals surface area contributed by atoms with Crippen LogP contribution < -0.4 is 4.74 Å². The normalized spacial score (nSPS) is 10.5. The average molecular weight is 308 g/mol. The SMILES string of the molecule is CCc1nc(Cl)c(C)c(Oc2ccc([N+](=O)[O-])cc2C)n1. The number of hydrogen-bond acceptors (Lipinski definition) is 5. The molecule has 0 unspecified atom stereocenters. The van der Waals surface area contributed by atoms with Gasteiger partial charge in [-0.3, -0.25) is 10.1 Å². The van der Waals surface area contributed by atoms with Gasteiger partial charge in [-0.05, 0) is 25.5 Å². The van der Waals surface area contributed by atoms with E-state index >= 15 is 0 Å². The zero-order valence-corrected chi connectivity index (χ0v) is 12.6. The van der Waals surface area contributed by atoms with Gasteiger partial charge in [0.2, 0.25) is 5.88 Å². The second-order valence-electron chi connectivity index (χ2n) is 4.52. The molecular formula is C14H14ClN3O3. The van der Waals surface area contributed by atoms with Crippen LogP contribution in [-0.4, -0.2) is 14.9 Å². The molecule has 110 valence electrons. The summed E-state index contributed by atoms with van der Waals surface area (Å²) in [7, 11) is 0. The summed E-state index contributed by atoms with van der Waals surface area (Å²) in [6, 6.07) is 4.39. The minimum Gasteiger partial charge on any atom is -0.438 e. The van der Waals surface area contributed by atoms with Gasteiger partial charge in [0.1, 0.15) is 16.7 Å². The van der Waals surface area contributed by atoms with Crippen LogP contribution in [0.25, 0.3) is 0 Å². The number of non-ortho nitro benzene ring substituents is 1. The van der Waals surface area contributed by atoms with Crippen molar-refractivity contribution in [2.45, 2.75) is 27.2 Å². The summed E-state index contributed by atoms with van der Waals surface area (Å²) in [4.78, 5) is 18.7. The monoisotopic (exact) mass is 307 g/mol. The molecule has 0 radical (unpaired) electrons. The first kappa shape index (κ1) is 15.2. The highest BCUT2D eigenvalue weighted by Crippen LogP contribution is 2.30. The van der Waals surface area contributed by atoms with Crippen molar-refractivity contribution in [1.29, 1.82) is 0 Å². The lowest BCUT2D eigenvalue weighted by molar-refractivity contribution is -0.384. The summed E-state index contributed by atoms with van der Waals surface area (Å²) < 4.78 is 5.74. The number of aromatic nitrogens is 2. The number of aryl methyl sites for hydroxylation is 2. The van der Waals surface area contributed by atoms with Crippen molar-refractivity contribution >= 4 is 17.3 Å². The molecule has 0 aliphatic carbocycles. The fraction of sp³-hybridized carbons (Fsp3) is 0.286. The topological polar surface area (TPSA) is 78.2 Å². The van der Waals surface area contributed by atoms with Gasteiger partial charge in [0.05, 0.1) is 4.92 Å². The average Bonchev–Trinajstić information content (AvgIpc) is 2.45. The molecule has 21 heavy (non-hydrogen) atoms. The molecule has 0 aliphatic heterocycles. The van der Waals surface area contributed by atoms with Crippen molar-refractivity contribution in [3.63, 3.8) is 0 Å². The molecule has 6 nitrogen and oxygen atoms in total. The number of rotatable bonds is 4. The zero-order chi connectivity index (χ0) is 15.6. The Kier molecular flexibility index (Phi) is 4.37. The summed E-state index contributed by atoms with van der Waals surface area (Å²) in [5.41, 5.74) is 1.30. The van der Waals surface area contributed by atoms with Crippen molar-refractivity contribution in [2.75, 3.05) is 0 Å². The Morgan fingerprint density at radius 2 is 2.05 bits per heavy atom. The molecule has 0 N–H and O–H groups in total. The molecule has 2 rings (SSSR count). The number of benzene rings is 1. The number of halogens is 1. The van der Waals surface area contributed by atoms with Gasteiger partial charge in [0.15, 0.2) is 0 Å². The minimum atomic E-state index is -0.446. The van der Waals surface area contributed by atoms with E-state index in [2.05, 4.69) is 9.97 Å². The highest BCUT2D eigenvalue weighted by atomic mass is 35.5. The van der Waals surface area contributed by atoms with Gasteiger partial charge in [0, 0.05) is 24.1 Å². The summed E-state index contributed by atoms with van der Waals surface area (Å²) in [6.07, 6.45) is 0.635. The lowest BCUT2D eigenvalue weighted by atomic mass is 10.2. The molecule has 1 aromatic heterocycles. The van der Waals surface area contributed by atoms with E-state index < -0.39 is 4.92 Å². The van der Waals surface area contributed by atoms with Crippen LogP contribution in [0, 0.1) is 24.0 Å². The summed E-state index contributed by atoms with van der Waals surface area (Å²) >= 11 is 6.05. The second-order valence-corrected chi connectivity index (χ2v) is 4.88. The van der Waals surface area contributed by atoms with Crippen LogP contribution in [0.4, 0.5) is 5.69 Å². The molecule has 0 amide bonds. The van der Waals surface area contributed by atoms with Crippen LogP contribution in [0.1, 0.15) is 23.9 Å². The van der Waals surface area contributed by atoms with E-state index in [1.165, 1.54) is 12.1 Å². The van der Waals surface area contributed by atoms with Crippen molar-refractivity contribution in [1.82, 2.24) is 9.97 Å². The van der Waals surface area contributed by atoms with Crippen molar-refractivity contribution in [3.05, 3.63) is 50.4 Å². The molecule has 7 heteroatoms. The first-order chi connectivity index (χ1) is 9.92. The largest absolute Gasteiger partial charge is 0.438 e. The Balaban J connectivity index is 2.38. The molecular weight excluding hydrogens is 294 g/mol. The Bertz CT molecular complexity index is 704. The molecule has 0 atom stereocenters. The van der Waals surface area contributed by atoms with Crippen LogP contribution in [0.2, 0.25) is 5.15 Å². The van der Waals surface area contributed by atoms with Crippen LogP contribution in [0.5, 0.6) is 11.6 Å². The summed E-state index contributed by atoms with van der Waals surface area (Å²) in [6.45, 7) is 5.42. The van der Waals surface area contributed by atoms with E-state index in [-0.39, 0.29) is 5.69 Å². The number of hydrogen-bond donors (Lipinski definition) is 0. The quantitative estimate of drug-likeness (QED) is 0.484. The summed E-state index contributed by atoms with van der Waals surface area (Å²) in [5.74, 6) is 1.45. The Morgan fingerprint density at radius 3 is 2.62 bits per heavy atom. The van der Waals surface area contributed by atoms with Gasteiger partial charge < -0.3 is 4.74 Å². The predicted octanol–water partition coefficient (Wildman–Crippen LogP) is 4.01. The molecule has 0 bridgehead atoms. The number of nitro groups is 1. The van der Waals surface area contributed by atoms with Gasteiger partial charge in [-0.1, -0.05) is 18.5 Å². The van der Waals surface area contributed by atoms with Crippen LogP contribution in [-0.2, 0) is 6.42 Å². The highest BCUT2D eigenvalue weighted by Gasteiger charge is 2.14. The fourth-order valence-corrected chi connectivity index (χ4v) is 1.91. The van der Waals surface area contributed by atoms with Crippen molar-refractivity contribution in [3.8, 4) is 11.6 Å². The maximum Gasteiger partial charge on any atom is 0.269 e. The van der Waals surface area contributed by atoms with Crippen LogP contribution in [0.3, 0.4) is 0 Å². The zero-order valence-electron chi connectivity index (χ0n) is 11.9. The number of nitro benzene ring substituents is 1. The molecule has 0 spiro atoms. The third kappa shape index (κ3) is 3.28. The summed E-state index contributed by atoms with van der Waals surface area (Å²) in [5, 5.41) is 11.1. The molecule has 0 fully saturated rings. The predicted molar refractivity (Wildman–Crippen MR) is 79.1 cm³/mol. The number of ether oxygens (including phenoxy) is 1. The number of nitrogens with zero attached hydrogens (tertiary/aromatic N) is 3. The molecule has 1 heterocycles. The van der Waals surface area contributed by atoms with Crippen LogP contribution >= 0.6 is 11.6 Å². The molecule has 2 aromatic rings. The highest BCUT2D eigenvalue weighted by molar-refractivity contribution is 6.30. The van der Waals surface area contributed by atoms with E-state index in [9.17, 15) is 10.1 Å². The molecule has 0 saturated carbocycles. The fourth-order valence-electron chi connectivity index (χ4n) is 1.73. The maximum atomic E-state index is 10.7. The lowest BCUT2D eigenvalue weighted by Gasteiger charge is -2.11. The van der Waals surface area contributed by atoms with Gasteiger partial charge in [-0.15, -0.1) is 0 Å². The molecule has 0 aliphatic rings. The standard InChI is InChI=1S/C14H14ClN3O3/c1-4-12-16-13(15)9(3)14(17-12)21-11-6-5-10(18(19)20)7-8(11)2/h5-7H,4H2,1-3H3. The third-order valence-electron chi connectivity index (χ3n) is 2.98. The molecule has 1 aromatic carbocycles. The van der Waals surface area contributed by atoms with Crippen molar-refractivity contribution < 1.29 is 9.66 Å². The smallest absolute Gasteiger partial charge is 0.269 e. The Hall–Kier alpha value is -2.21. The Morgan fingerprint density at radius 1 is 1.33 bits per heavy atom. The van der Waals surface area contributed by atoms with E-state index in [1.54, 1.807) is 19.9 Å². The lowest BCUT2D eigenvalue weighted by Crippen LogP contribution is -2.01. The van der Waals surface area contributed by atoms with E-state index in [0.29, 0.717) is 40.2 Å². The van der Waals surface area contributed by atoms with Gasteiger partial charge in [0.25, 0.3) is 5.69 Å². The van der Waals surface area contributed by atoms with Crippen molar-refractivity contribution in [2.24, 2.45) is 0 Å². The molecule has 0 saturated heterocycles. The van der Waals surface area contributed by atoms with E-state index in [0.717, 1.165) is 0 Å². The minimum absolute atomic E-state index is 0.0199. The first-order valence-electron chi connectivity index (χ1n) is 6.38. The van der Waals surface area contributed by atoms with Gasteiger partial charge in [-0.2, -0.15) is 4.98 Å². The van der Waals surface area contributed by atoms with E-state index in [1.807, 2.05) is 6.92 Å². The van der Waals surface area contributed by atoms with Gasteiger partial charge in [-0.25, -0.2) is 4.98 Å². The first-order valence-corrected chi connectivity index (χ1v) is 6.76. The van der Waals surface area contributed by atoms with Gasteiger partial charge >= 0.3 is 0 Å². The third-order valence-corrected chi connectivity index (χ3v) is 3.35. The second kappa shape index (κ2) is 6.05. The van der Waals surface area contributed by atoms with E-state index in [4.69, 9.17) is 16.3 Å².